The monoisotopic (exact) mass is 738 g/mol. The van der Waals surface area contributed by atoms with Gasteiger partial charge in [0.1, 0.15) is 17.7 Å². The predicted molar refractivity (Wildman–Crippen MR) is 185 cm³/mol. The highest BCUT2D eigenvalue weighted by Crippen LogP contribution is 2.24. The summed E-state index contributed by atoms with van der Waals surface area (Å²) in [4.78, 5) is 67.3. The molecule has 0 radical (unpaired) electrons. The molecule has 1 aliphatic carbocycles. The van der Waals surface area contributed by atoms with E-state index < -0.39 is 79.9 Å². The van der Waals surface area contributed by atoms with Gasteiger partial charge >= 0.3 is 11.7 Å². The van der Waals surface area contributed by atoms with Crippen molar-refractivity contribution in [2.24, 2.45) is 7.05 Å². The van der Waals surface area contributed by atoms with Crippen molar-refractivity contribution < 1.29 is 36.7 Å². The molecule has 2 aromatic heterocycles. The molecule has 2 aromatic carbocycles. The number of nitrogens with one attached hydrogen (secondary N) is 3. The average Bonchev–Trinajstić information content (AvgIpc) is 3.08. The quantitative estimate of drug-likeness (QED) is 0.189. The van der Waals surface area contributed by atoms with Crippen molar-refractivity contribution >= 4 is 33.5 Å². The van der Waals surface area contributed by atoms with Crippen LogP contribution < -0.4 is 26.6 Å². The molecule has 17 heteroatoms. The molecule has 0 aliphatic heterocycles. The molecule has 52 heavy (non-hydrogen) atoms. The van der Waals surface area contributed by atoms with Gasteiger partial charge in [0.25, 0.3) is 27.4 Å². The number of sulfonamides is 1. The molecule has 14 nitrogen and oxygen atoms in total. The summed E-state index contributed by atoms with van der Waals surface area (Å²) in [5.74, 6) is -5.95. The van der Waals surface area contributed by atoms with Crippen molar-refractivity contribution in [3.63, 3.8) is 0 Å². The molecule has 4 aromatic rings. The number of carboxylic acid groups (broad SMARTS) is 1. The Morgan fingerprint density at radius 2 is 1.63 bits per heavy atom. The number of benzene rings is 2. The van der Waals surface area contributed by atoms with Gasteiger partial charge in [-0.25, -0.2) is 31.4 Å². The van der Waals surface area contributed by atoms with Crippen LogP contribution in [0.5, 0.6) is 0 Å². The van der Waals surface area contributed by atoms with Crippen LogP contribution in [-0.2, 0) is 41.1 Å². The Balaban J connectivity index is 1.29. The van der Waals surface area contributed by atoms with E-state index in [2.05, 4.69) is 15.6 Å². The third-order valence-corrected chi connectivity index (χ3v) is 9.71. The molecule has 0 fully saturated rings. The highest BCUT2D eigenvalue weighted by atomic mass is 32.2. The fraction of sp³-hybridized carbons (Fsp3) is 0.314. The van der Waals surface area contributed by atoms with Gasteiger partial charge in [0.15, 0.2) is 0 Å². The summed E-state index contributed by atoms with van der Waals surface area (Å²) in [5.41, 5.74) is -1.56. The summed E-state index contributed by atoms with van der Waals surface area (Å²) >= 11 is 0. The lowest BCUT2D eigenvalue weighted by atomic mass is 9.97. The second kappa shape index (κ2) is 14.5. The molecule has 0 bridgehead atoms. The molecule has 1 atom stereocenters. The fourth-order valence-electron chi connectivity index (χ4n) is 5.72. The van der Waals surface area contributed by atoms with Crippen molar-refractivity contribution in [3.05, 3.63) is 115 Å². The molecule has 0 saturated heterocycles. The third kappa shape index (κ3) is 8.09. The molecule has 5 rings (SSSR count). The molecule has 0 unspecified atom stereocenters. The van der Waals surface area contributed by atoms with Gasteiger partial charge in [0, 0.05) is 47.6 Å². The van der Waals surface area contributed by atoms with E-state index in [1.807, 2.05) is 4.72 Å². The predicted octanol–water partition coefficient (Wildman–Crippen LogP) is 2.84. The Bertz CT molecular complexity index is 2300. The van der Waals surface area contributed by atoms with Crippen molar-refractivity contribution in [2.75, 3.05) is 4.72 Å². The number of pyridine rings is 1. The first-order chi connectivity index (χ1) is 24.4. The Kier molecular flexibility index (Phi) is 10.5. The van der Waals surface area contributed by atoms with Crippen LogP contribution in [0.4, 0.5) is 14.5 Å². The maximum absolute atomic E-state index is 15.1. The van der Waals surface area contributed by atoms with Gasteiger partial charge in [-0.3, -0.25) is 24.1 Å². The number of hydrogen-bond acceptors (Lipinski definition) is 8. The van der Waals surface area contributed by atoms with E-state index in [-0.39, 0.29) is 21.8 Å². The van der Waals surface area contributed by atoms with Crippen LogP contribution in [0.15, 0.2) is 69.2 Å². The van der Waals surface area contributed by atoms with Gasteiger partial charge in [0.05, 0.1) is 28.0 Å². The lowest BCUT2D eigenvalue weighted by Crippen LogP contribution is -2.43. The van der Waals surface area contributed by atoms with Crippen LogP contribution in [0, 0.1) is 11.6 Å². The van der Waals surface area contributed by atoms with E-state index in [1.54, 1.807) is 27.8 Å². The Morgan fingerprint density at radius 3 is 2.25 bits per heavy atom. The second-order valence-corrected chi connectivity index (χ2v) is 15.0. The van der Waals surface area contributed by atoms with E-state index in [9.17, 15) is 37.5 Å². The number of hydrogen-bond donors (Lipinski definition) is 4. The van der Waals surface area contributed by atoms with Gasteiger partial charge < -0.3 is 20.3 Å². The minimum absolute atomic E-state index is 0.138. The third-order valence-electron chi connectivity index (χ3n) is 8.33. The number of fused-ring (bicyclic) bond motifs is 1. The molecule has 2 heterocycles. The molecule has 0 saturated carbocycles. The Hall–Kier alpha value is -5.71. The van der Waals surface area contributed by atoms with E-state index in [0.29, 0.717) is 36.2 Å². The number of aliphatic carboxylic acids is 1. The minimum atomic E-state index is -4.47. The summed E-state index contributed by atoms with van der Waals surface area (Å²) in [6, 6.07) is 6.70. The lowest BCUT2D eigenvalue weighted by molar-refractivity contribution is -0.139. The number of aromatic nitrogens is 3. The zero-order valence-electron chi connectivity index (χ0n) is 28.6. The molecular weight excluding hydrogens is 702 g/mol. The van der Waals surface area contributed by atoms with Crippen LogP contribution in [-0.4, -0.2) is 57.0 Å². The van der Waals surface area contributed by atoms with Gasteiger partial charge in [-0.1, -0.05) is 0 Å². The second-order valence-electron chi connectivity index (χ2n) is 13.3. The first-order valence-electron chi connectivity index (χ1n) is 16.1. The summed E-state index contributed by atoms with van der Waals surface area (Å²) in [6.07, 6.45) is 3.65. The smallest absolute Gasteiger partial charge is 0.335 e. The van der Waals surface area contributed by atoms with Gasteiger partial charge in [0.2, 0.25) is 0 Å². The number of carboxylic acids is 1. The van der Waals surface area contributed by atoms with E-state index in [0.717, 1.165) is 29.5 Å². The highest BCUT2D eigenvalue weighted by Gasteiger charge is 2.27. The van der Waals surface area contributed by atoms with Crippen LogP contribution in [0.25, 0.3) is 5.69 Å². The summed E-state index contributed by atoms with van der Waals surface area (Å²) in [7, 11) is -2.89. The zero-order valence-corrected chi connectivity index (χ0v) is 29.4. The highest BCUT2D eigenvalue weighted by molar-refractivity contribution is 7.92. The van der Waals surface area contributed by atoms with Gasteiger partial charge in [-0.2, -0.15) is 0 Å². The largest absolute Gasteiger partial charge is 0.480 e. The van der Waals surface area contributed by atoms with E-state index >= 15 is 8.78 Å². The normalized spacial score (nSPS) is 13.5. The van der Waals surface area contributed by atoms with E-state index in [4.69, 9.17) is 0 Å². The van der Waals surface area contributed by atoms with Crippen molar-refractivity contribution in [2.45, 2.75) is 69.4 Å². The number of carbonyl (C=O) groups is 3. The standard InChI is InChI=1S/C35H36F2N6O8S/c1-35(2,3)40-30(44)19-9-13-22(14-10-19)52(50,51)41-27-17-25(36)24(16-26(27)37)31(45)39-28(33(47)48)15-20-11-12-21(18-38-20)43-32(46)23-7-5-6-8-29(23)42(4)34(43)49/h9-14,16-18,28,41H,5-8,15H2,1-4H3,(H,39,45)(H,40,44)(H,47,48)/t28-/m0/s1. The fourth-order valence-corrected chi connectivity index (χ4v) is 6.78. The first-order valence-corrected chi connectivity index (χ1v) is 17.6. The molecule has 0 spiro atoms. The maximum Gasteiger partial charge on any atom is 0.335 e. The zero-order chi connectivity index (χ0) is 38.1. The maximum atomic E-state index is 15.1. The number of anilines is 1. The van der Waals surface area contributed by atoms with Gasteiger partial charge in [-0.15, -0.1) is 0 Å². The SMILES string of the molecule is Cn1c2c(c(=O)n(-c3ccc(C[C@H](NC(=O)c4cc(F)c(NS(=O)(=O)c5ccc(C(=O)NC(C)(C)C)cc5)cc4F)C(=O)O)nc3)c1=O)CCCC2. The summed E-state index contributed by atoms with van der Waals surface area (Å²) < 4.78 is 60.3. The Labute approximate surface area is 296 Å². The summed E-state index contributed by atoms with van der Waals surface area (Å²) in [5, 5.41) is 14.6. The van der Waals surface area contributed by atoms with Crippen LogP contribution >= 0.6 is 0 Å². The van der Waals surface area contributed by atoms with Gasteiger partial charge in [-0.05, 0) is 88.9 Å². The molecule has 2 amide bonds. The number of nitrogens with zero attached hydrogens (tertiary/aromatic N) is 3. The van der Waals surface area contributed by atoms with Crippen molar-refractivity contribution in [1.82, 2.24) is 24.8 Å². The molecule has 4 N–H and O–H groups in total. The minimum Gasteiger partial charge on any atom is -0.480 e. The van der Waals surface area contributed by atoms with Crippen molar-refractivity contribution in [3.8, 4) is 5.69 Å². The topological polar surface area (TPSA) is 199 Å². The van der Waals surface area contributed by atoms with Crippen molar-refractivity contribution in [1.29, 1.82) is 0 Å². The van der Waals surface area contributed by atoms with Crippen LogP contribution in [0.2, 0.25) is 0 Å². The van der Waals surface area contributed by atoms with Crippen LogP contribution in [0.1, 0.15) is 71.3 Å². The Morgan fingerprint density at radius 1 is 0.962 bits per heavy atom. The lowest BCUT2D eigenvalue weighted by Gasteiger charge is -2.20. The number of amides is 2. The molecule has 1 aliphatic rings. The first kappa shape index (κ1) is 37.5. The van der Waals surface area contributed by atoms with E-state index in [1.165, 1.54) is 35.0 Å². The number of carbonyl (C=O) groups excluding carboxylic acids is 2. The molecular formula is C35H36F2N6O8S. The number of halogens is 2. The summed E-state index contributed by atoms with van der Waals surface area (Å²) in [6.45, 7) is 5.31. The molecule has 274 valence electrons. The van der Waals surface area contributed by atoms with Crippen LogP contribution in [0.3, 0.4) is 0 Å². The number of rotatable bonds is 10. The average molecular weight is 739 g/mol.